The van der Waals surface area contributed by atoms with E-state index in [0.29, 0.717) is 12.6 Å². The first-order valence-corrected chi connectivity index (χ1v) is 7.97. The molecule has 1 amide bonds. The van der Waals surface area contributed by atoms with Crippen LogP contribution in [0.4, 0.5) is 5.69 Å². The maximum Gasteiger partial charge on any atom is 0.242 e. The second-order valence-electron chi connectivity index (χ2n) is 4.39. The minimum atomic E-state index is 0.186. The van der Waals surface area contributed by atoms with E-state index in [-0.39, 0.29) is 5.91 Å². The molecule has 0 radical (unpaired) electrons. The number of amides is 1. The van der Waals surface area contributed by atoms with Gasteiger partial charge in [-0.15, -0.1) is 0 Å². The first-order valence-electron chi connectivity index (χ1n) is 6.10. The molecule has 1 N–H and O–H groups in total. The molecule has 0 spiro atoms. The lowest BCUT2D eigenvalue weighted by Gasteiger charge is -2.21. The van der Waals surface area contributed by atoms with E-state index < -0.39 is 0 Å². The van der Waals surface area contributed by atoms with Crippen LogP contribution in [0.2, 0.25) is 0 Å². The van der Waals surface area contributed by atoms with Crippen LogP contribution < -0.4 is 5.32 Å². The van der Waals surface area contributed by atoms with E-state index >= 15 is 0 Å². The Morgan fingerprint density at radius 2 is 2.28 bits per heavy atom. The summed E-state index contributed by atoms with van der Waals surface area (Å²) in [5.41, 5.74) is 0.968. The first kappa shape index (κ1) is 14.1. The van der Waals surface area contributed by atoms with Crippen LogP contribution in [0.5, 0.6) is 0 Å². The van der Waals surface area contributed by atoms with Gasteiger partial charge in [-0.25, -0.2) is 0 Å². The molecule has 1 aromatic rings. The zero-order valence-corrected chi connectivity index (χ0v) is 14.0. The van der Waals surface area contributed by atoms with Crippen molar-refractivity contribution < 1.29 is 4.79 Å². The summed E-state index contributed by atoms with van der Waals surface area (Å²) in [5.74, 6) is 0.186. The van der Waals surface area contributed by atoms with Gasteiger partial charge in [-0.3, -0.25) is 4.79 Å². The molecular weight excluding hydrogens is 407 g/mol. The van der Waals surface area contributed by atoms with Crippen LogP contribution in [0.1, 0.15) is 19.8 Å². The van der Waals surface area contributed by atoms with Gasteiger partial charge >= 0.3 is 0 Å². The van der Waals surface area contributed by atoms with Crippen molar-refractivity contribution in [2.45, 2.75) is 25.8 Å². The minimum Gasteiger partial charge on any atom is -0.375 e. The number of hydrogen-bond acceptors (Lipinski definition) is 2. The van der Waals surface area contributed by atoms with E-state index in [1.54, 1.807) is 0 Å². The molecule has 1 saturated carbocycles. The quantitative estimate of drug-likeness (QED) is 0.736. The van der Waals surface area contributed by atoms with Gasteiger partial charge < -0.3 is 10.2 Å². The molecule has 0 saturated heterocycles. The lowest BCUT2D eigenvalue weighted by atomic mass is 10.3. The topological polar surface area (TPSA) is 32.3 Å². The van der Waals surface area contributed by atoms with Gasteiger partial charge in [0.25, 0.3) is 0 Å². The maximum atomic E-state index is 12.1. The zero-order valence-electron chi connectivity index (χ0n) is 10.2. The van der Waals surface area contributed by atoms with Crippen molar-refractivity contribution in [2.24, 2.45) is 0 Å². The first-order chi connectivity index (χ1) is 8.61. The Bertz CT molecular complexity index is 449. The molecule has 5 heteroatoms. The largest absolute Gasteiger partial charge is 0.375 e. The van der Waals surface area contributed by atoms with Crippen LogP contribution in [0, 0.1) is 3.57 Å². The Balaban J connectivity index is 1.92. The summed E-state index contributed by atoms with van der Waals surface area (Å²) in [6, 6.07) is 6.54. The fourth-order valence-corrected chi connectivity index (χ4v) is 3.37. The fraction of sp³-hybridized carbons (Fsp3) is 0.462. The molecule has 3 nitrogen and oxygen atoms in total. The highest BCUT2D eigenvalue weighted by molar-refractivity contribution is 14.1. The zero-order chi connectivity index (χ0) is 13.1. The van der Waals surface area contributed by atoms with Gasteiger partial charge in [-0.2, -0.15) is 0 Å². The number of halogens is 2. The standard InChI is InChI=1S/C13H16BrIN2O/c1-2-17(10-4-5-10)13(18)8-16-12-6-3-9(15)7-11(12)14/h3,6-7,10,16H,2,4-5,8H2,1H3. The monoisotopic (exact) mass is 422 g/mol. The summed E-state index contributed by atoms with van der Waals surface area (Å²) in [4.78, 5) is 14.0. The predicted octanol–water partition coefficient (Wildman–Crippen LogP) is 3.48. The third-order valence-electron chi connectivity index (χ3n) is 3.01. The highest BCUT2D eigenvalue weighted by atomic mass is 127. The van der Waals surface area contributed by atoms with E-state index in [9.17, 15) is 4.79 Å². The number of benzene rings is 1. The second-order valence-corrected chi connectivity index (χ2v) is 6.49. The SMILES string of the molecule is CCN(C(=O)CNc1ccc(I)cc1Br)C1CC1. The molecule has 18 heavy (non-hydrogen) atoms. The average Bonchev–Trinajstić information content (AvgIpc) is 3.13. The number of hydrogen-bond donors (Lipinski definition) is 1. The molecule has 1 aromatic carbocycles. The van der Waals surface area contributed by atoms with Gasteiger partial charge in [0.2, 0.25) is 5.91 Å². The third-order valence-corrected chi connectivity index (χ3v) is 4.34. The Hall–Kier alpha value is -0.300. The van der Waals surface area contributed by atoms with Crippen molar-refractivity contribution >= 4 is 50.1 Å². The molecule has 0 aliphatic heterocycles. The van der Waals surface area contributed by atoms with Crippen molar-refractivity contribution in [1.82, 2.24) is 4.90 Å². The molecule has 0 atom stereocenters. The Morgan fingerprint density at radius 1 is 1.56 bits per heavy atom. The van der Waals surface area contributed by atoms with Crippen molar-refractivity contribution in [3.63, 3.8) is 0 Å². The van der Waals surface area contributed by atoms with Crippen molar-refractivity contribution in [2.75, 3.05) is 18.4 Å². The van der Waals surface area contributed by atoms with E-state index in [1.807, 2.05) is 30.0 Å². The fourth-order valence-electron chi connectivity index (χ4n) is 1.93. The van der Waals surface area contributed by atoms with Gasteiger partial charge in [-0.1, -0.05) is 0 Å². The Morgan fingerprint density at radius 3 is 2.83 bits per heavy atom. The summed E-state index contributed by atoms with van der Waals surface area (Å²) in [6.45, 7) is 3.21. The van der Waals surface area contributed by atoms with E-state index in [4.69, 9.17) is 0 Å². The van der Waals surface area contributed by atoms with Gasteiger partial charge in [0.15, 0.2) is 0 Å². The average molecular weight is 423 g/mol. The maximum absolute atomic E-state index is 12.1. The van der Waals surface area contributed by atoms with Crippen LogP contribution in [0.3, 0.4) is 0 Å². The summed E-state index contributed by atoms with van der Waals surface area (Å²) < 4.78 is 2.17. The minimum absolute atomic E-state index is 0.186. The van der Waals surface area contributed by atoms with Crippen molar-refractivity contribution in [3.8, 4) is 0 Å². The van der Waals surface area contributed by atoms with E-state index in [2.05, 4.69) is 43.8 Å². The molecule has 98 valence electrons. The number of rotatable bonds is 5. The number of nitrogens with one attached hydrogen (secondary N) is 1. The predicted molar refractivity (Wildman–Crippen MR) is 85.8 cm³/mol. The Kier molecular flexibility index (Phi) is 4.89. The van der Waals surface area contributed by atoms with Gasteiger partial charge in [0, 0.05) is 26.3 Å². The van der Waals surface area contributed by atoms with E-state index in [1.165, 1.54) is 3.57 Å². The van der Waals surface area contributed by atoms with Crippen LogP contribution in [0.25, 0.3) is 0 Å². The molecule has 2 rings (SSSR count). The number of anilines is 1. The summed E-state index contributed by atoms with van der Waals surface area (Å²) in [7, 11) is 0. The van der Waals surface area contributed by atoms with Crippen LogP contribution >= 0.6 is 38.5 Å². The van der Waals surface area contributed by atoms with Gasteiger partial charge in [0.1, 0.15) is 0 Å². The number of nitrogens with zero attached hydrogens (tertiary/aromatic N) is 1. The van der Waals surface area contributed by atoms with Crippen LogP contribution in [-0.4, -0.2) is 29.9 Å². The second kappa shape index (κ2) is 6.23. The van der Waals surface area contributed by atoms with Gasteiger partial charge in [-0.05, 0) is 76.5 Å². The normalized spacial score (nSPS) is 14.4. The summed E-state index contributed by atoms with van der Waals surface area (Å²) >= 11 is 5.76. The molecule has 1 aliphatic carbocycles. The van der Waals surface area contributed by atoms with Crippen LogP contribution in [-0.2, 0) is 4.79 Å². The highest BCUT2D eigenvalue weighted by Gasteiger charge is 2.30. The molecule has 1 fully saturated rings. The van der Waals surface area contributed by atoms with E-state index in [0.717, 1.165) is 29.5 Å². The third kappa shape index (κ3) is 3.60. The molecule has 0 heterocycles. The van der Waals surface area contributed by atoms with Crippen LogP contribution in [0.15, 0.2) is 22.7 Å². The lowest BCUT2D eigenvalue weighted by Crippen LogP contribution is -2.37. The summed E-state index contributed by atoms with van der Waals surface area (Å²) in [5, 5.41) is 3.20. The lowest BCUT2D eigenvalue weighted by molar-refractivity contribution is -0.129. The molecule has 1 aliphatic rings. The smallest absolute Gasteiger partial charge is 0.242 e. The Labute approximate surface area is 130 Å². The molecule has 0 unspecified atom stereocenters. The van der Waals surface area contributed by atoms with Crippen molar-refractivity contribution in [3.05, 3.63) is 26.2 Å². The number of likely N-dealkylation sites (N-methyl/N-ethyl adjacent to an activating group) is 1. The molecule has 0 bridgehead atoms. The molecular formula is C13H16BrIN2O. The van der Waals surface area contributed by atoms with Crippen molar-refractivity contribution in [1.29, 1.82) is 0 Å². The number of carbonyl (C=O) groups is 1. The summed E-state index contributed by atoms with van der Waals surface area (Å²) in [6.07, 6.45) is 2.32. The highest BCUT2D eigenvalue weighted by Crippen LogP contribution is 2.27. The van der Waals surface area contributed by atoms with Gasteiger partial charge in [0.05, 0.1) is 6.54 Å². The molecule has 0 aromatic heterocycles. The number of carbonyl (C=O) groups excluding carboxylic acids is 1.